The molecule has 0 aromatic heterocycles. The molecule has 6 heteroatoms. The molecule has 3 nitrogen and oxygen atoms in total. The maximum atomic E-state index is 13.9. The van der Waals surface area contributed by atoms with Crippen molar-refractivity contribution in [1.29, 1.82) is 0 Å². The van der Waals surface area contributed by atoms with Crippen LogP contribution in [0.4, 0.5) is 0 Å². The lowest BCUT2D eigenvalue weighted by Crippen LogP contribution is -2.33. The molecule has 1 heterocycles. The molecule has 0 unspecified atom stereocenters. The van der Waals surface area contributed by atoms with Gasteiger partial charge in [-0.2, -0.15) is 0 Å². The van der Waals surface area contributed by atoms with Crippen molar-refractivity contribution < 1.29 is 9.30 Å². The Morgan fingerprint density at radius 1 is 0.846 bits per heavy atom. The highest BCUT2D eigenvalue weighted by atomic mass is 35.5. The van der Waals surface area contributed by atoms with Crippen LogP contribution < -0.4 is 0 Å². The van der Waals surface area contributed by atoms with E-state index in [1.54, 1.807) is 11.6 Å². The van der Waals surface area contributed by atoms with Gasteiger partial charge in [0, 0.05) is 24.7 Å². The summed E-state index contributed by atoms with van der Waals surface area (Å²) in [5.41, 5.74) is 1.65. The number of hydrogen-bond donors (Lipinski definition) is 0. The largest absolute Gasteiger partial charge is 0.379 e. The lowest BCUT2D eigenvalue weighted by Gasteiger charge is -2.31. The quantitative estimate of drug-likeness (QED) is 0.563. The highest BCUT2D eigenvalue weighted by Gasteiger charge is 2.29. The van der Waals surface area contributed by atoms with Crippen LogP contribution in [-0.4, -0.2) is 31.0 Å². The Hall–Kier alpha value is -1.35. The first kappa shape index (κ1) is 19.4. The van der Waals surface area contributed by atoms with Crippen LogP contribution in [0.1, 0.15) is 11.1 Å². The Balaban J connectivity index is 2.01. The van der Waals surface area contributed by atoms with Crippen molar-refractivity contribution >= 4 is 40.6 Å². The minimum Gasteiger partial charge on any atom is -0.379 e. The molecule has 2 aromatic rings. The number of rotatable bonds is 5. The van der Waals surface area contributed by atoms with Gasteiger partial charge in [-0.3, -0.25) is 4.57 Å². The third-order valence-corrected chi connectivity index (χ3v) is 7.62. The lowest BCUT2D eigenvalue weighted by atomic mass is 10.2. The standard InChI is InChI=1S/C20H20Cl2NO2P/c21-19(17-7-3-1-4-8-17)15-26(24,23-11-13-25-14-12-23)16-20(22)18-9-5-2-6-10-18/h1-10,15-16H,11-14H2/b19-15-,20-16-. The van der Waals surface area contributed by atoms with Gasteiger partial charge < -0.3 is 4.74 Å². The molecular formula is C20H20Cl2NO2P. The van der Waals surface area contributed by atoms with Crippen molar-refractivity contribution in [1.82, 2.24) is 4.67 Å². The molecule has 1 aliphatic rings. The fourth-order valence-electron chi connectivity index (χ4n) is 2.74. The van der Waals surface area contributed by atoms with E-state index in [0.717, 1.165) is 11.1 Å². The number of halogens is 2. The van der Waals surface area contributed by atoms with E-state index in [-0.39, 0.29) is 0 Å². The van der Waals surface area contributed by atoms with Gasteiger partial charge in [0.25, 0.3) is 0 Å². The molecule has 0 radical (unpaired) electrons. The summed E-state index contributed by atoms with van der Waals surface area (Å²) in [5, 5.41) is 0.906. The van der Waals surface area contributed by atoms with Gasteiger partial charge in [0.2, 0.25) is 0 Å². The predicted molar refractivity (Wildman–Crippen MR) is 111 cm³/mol. The summed E-state index contributed by atoms with van der Waals surface area (Å²) < 4.78 is 21.2. The third-order valence-electron chi connectivity index (χ3n) is 4.13. The Morgan fingerprint density at radius 2 is 1.27 bits per heavy atom. The van der Waals surface area contributed by atoms with Crippen LogP contribution >= 0.6 is 30.5 Å². The van der Waals surface area contributed by atoms with Gasteiger partial charge in [0.15, 0.2) is 7.29 Å². The summed E-state index contributed by atoms with van der Waals surface area (Å²) in [6.45, 7) is 2.22. The van der Waals surface area contributed by atoms with Gasteiger partial charge in [-0.15, -0.1) is 0 Å². The second-order valence-electron chi connectivity index (χ2n) is 5.92. The van der Waals surface area contributed by atoms with Crippen molar-refractivity contribution in [3.63, 3.8) is 0 Å². The fraction of sp³-hybridized carbons (Fsp3) is 0.200. The smallest absolute Gasteiger partial charge is 0.196 e. The average molecular weight is 408 g/mol. The molecule has 0 atom stereocenters. The molecule has 0 saturated carbocycles. The zero-order valence-corrected chi connectivity index (χ0v) is 16.6. The van der Waals surface area contributed by atoms with Crippen LogP contribution in [0.3, 0.4) is 0 Å². The number of ether oxygens (including phenoxy) is 1. The highest BCUT2D eigenvalue weighted by Crippen LogP contribution is 2.57. The SMILES string of the molecule is O=P(/C=C(\Cl)c1ccccc1)(/C=C(\Cl)c1ccccc1)N1CCOCC1. The number of nitrogens with zero attached hydrogens (tertiary/aromatic N) is 1. The molecule has 1 aliphatic heterocycles. The van der Waals surface area contributed by atoms with Crippen LogP contribution in [0.2, 0.25) is 0 Å². The number of morpholine rings is 1. The molecule has 2 aromatic carbocycles. The first-order chi connectivity index (χ1) is 12.6. The van der Waals surface area contributed by atoms with E-state index in [4.69, 9.17) is 27.9 Å². The van der Waals surface area contributed by atoms with E-state index in [1.165, 1.54) is 0 Å². The molecule has 1 fully saturated rings. The predicted octanol–water partition coefficient (Wildman–Crippen LogP) is 6.07. The van der Waals surface area contributed by atoms with E-state index in [1.807, 2.05) is 65.3 Å². The summed E-state index contributed by atoms with van der Waals surface area (Å²) in [5.74, 6) is 3.28. The zero-order valence-electron chi connectivity index (χ0n) is 14.2. The minimum atomic E-state index is -3.07. The monoisotopic (exact) mass is 407 g/mol. The maximum Gasteiger partial charge on any atom is 0.196 e. The van der Waals surface area contributed by atoms with Crippen LogP contribution in [0.5, 0.6) is 0 Å². The fourth-order valence-corrected chi connectivity index (χ4v) is 5.96. The highest BCUT2D eigenvalue weighted by molar-refractivity contribution is 7.68. The molecule has 0 amide bonds. The van der Waals surface area contributed by atoms with Gasteiger partial charge in [0.05, 0.1) is 23.3 Å². The van der Waals surface area contributed by atoms with E-state index >= 15 is 0 Å². The van der Waals surface area contributed by atoms with Gasteiger partial charge in [-0.1, -0.05) is 83.9 Å². The Labute approximate surface area is 164 Å². The van der Waals surface area contributed by atoms with Crippen LogP contribution in [0, 0.1) is 0 Å². The zero-order chi connectivity index (χ0) is 18.4. The Kier molecular flexibility index (Phi) is 6.74. The van der Waals surface area contributed by atoms with Crippen molar-refractivity contribution in [2.75, 3.05) is 26.3 Å². The number of benzene rings is 2. The van der Waals surface area contributed by atoms with Crippen molar-refractivity contribution in [3.8, 4) is 0 Å². The van der Waals surface area contributed by atoms with Gasteiger partial charge in [0.1, 0.15) is 0 Å². The van der Waals surface area contributed by atoms with E-state index in [2.05, 4.69) is 0 Å². The average Bonchev–Trinajstić information content (AvgIpc) is 2.70. The van der Waals surface area contributed by atoms with E-state index in [0.29, 0.717) is 36.4 Å². The summed E-state index contributed by atoms with van der Waals surface area (Å²) in [6.07, 6.45) is 0. The van der Waals surface area contributed by atoms with Gasteiger partial charge in [-0.25, -0.2) is 4.67 Å². The topological polar surface area (TPSA) is 29.5 Å². The molecular weight excluding hydrogens is 388 g/mol. The first-order valence-corrected chi connectivity index (χ1v) is 10.9. The second kappa shape index (κ2) is 9.03. The molecule has 0 spiro atoms. The van der Waals surface area contributed by atoms with Gasteiger partial charge in [-0.05, 0) is 11.1 Å². The molecule has 3 rings (SSSR count). The number of hydrogen-bond acceptors (Lipinski definition) is 2. The molecule has 26 heavy (non-hydrogen) atoms. The second-order valence-corrected chi connectivity index (χ2v) is 9.17. The van der Waals surface area contributed by atoms with Crippen molar-refractivity contribution in [2.45, 2.75) is 0 Å². The van der Waals surface area contributed by atoms with Crippen molar-refractivity contribution in [3.05, 3.63) is 83.4 Å². The molecule has 0 bridgehead atoms. The van der Waals surface area contributed by atoms with Gasteiger partial charge >= 0.3 is 0 Å². The molecule has 0 N–H and O–H groups in total. The first-order valence-electron chi connectivity index (χ1n) is 8.39. The summed E-state index contributed by atoms with van der Waals surface area (Å²) in [7, 11) is -3.07. The molecule has 136 valence electrons. The summed E-state index contributed by atoms with van der Waals surface area (Å²) in [6, 6.07) is 19.0. The Morgan fingerprint density at radius 3 is 1.69 bits per heavy atom. The minimum absolute atomic E-state index is 0.453. The van der Waals surface area contributed by atoms with Crippen LogP contribution in [0.25, 0.3) is 10.1 Å². The normalized spacial score (nSPS) is 17.3. The van der Waals surface area contributed by atoms with E-state index in [9.17, 15) is 4.57 Å². The third kappa shape index (κ3) is 4.88. The van der Waals surface area contributed by atoms with E-state index < -0.39 is 7.29 Å². The summed E-state index contributed by atoms with van der Waals surface area (Å²) in [4.78, 5) is 0. The molecule has 1 saturated heterocycles. The van der Waals surface area contributed by atoms with Crippen LogP contribution in [0.15, 0.2) is 72.3 Å². The van der Waals surface area contributed by atoms with Crippen molar-refractivity contribution in [2.24, 2.45) is 0 Å². The maximum absolute atomic E-state index is 13.9. The summed E-state index contributed by atoms with van der Waals surface area (Å²) >= 11 is 13.0. The Bertz CT molecular complexity index is 772. The molecule has 0 aliphatic carbocycles. The van der Waals surface area contributed by atoms with Crippen LogP contribution in [-0.2, 0) is 9.30 Å². The lowest BCUT2D eigenvalue weighted by molar-refractivity contribution is 0.0731.